The smallest absolute Gasteiger partial charge is 0.313 e. The van der Waals surface area contributed by atoms with Crippen LogP contribution in [0.4, 0.5) is 0 Å². The van der Waals surface area contributed by atoms with Gasteiger partial charge in [-0.05, 0) is 13.8 Å². The van der Waals surface area contributed by atoms with Crippen LogP contribution < -0.4 is 0 Å². The normalized spacial score (nSPS) is 11.1. The molecule has 0 atom stereocenters. The van der Waals surface area contributed by atoms with Crippen LogP contribution in [0.25, 0.3) is 0 Å². The van der Waals surface area contributed by atoms with Crippen molar-refractivity contribution in [2.45, 2.75) is 26.7 Å². The van der Waals surface area contributed by atoms with Crippen LogP contribution >= 0.6 is 0 Å². The molecule has 0 aliphatic rings. The second-order valence-electron chi connectivity index (χ2n) is 9.93. The van der Waals surface area contributed by atoms with Crippen LogP contribution in [0, 0.1) is 0 Å². The highest BCUT2D eigenvalue weighted by atomic mass is 16.6. The quantitative estimate of drug-likeness (QED) is 0.0476. The van der Waals surface area contributed by atoms with E-state index in [0.717, 1.165) is 0 Å². The lowest BCUT2D eigenvalue weighted by Crippen LogP contribution is -2.16. The van der Waals surface area contributed by atoms with E-state index in [4.69, 9.17) is 61.6 Å². The molecule has 0 aromatic carbocycles. The van der Waals surface area contributed by atoms with Crippen molar-refractivity contribution in [1.29, 1.82) is 0 Å². The van der Waals surface area contributed by atoms with Gasteiger partial charge >= 0.3 is 11.9 Å². The summed E-state index contributed by atoms with van der Waals surface area (Å²) in [6, 6.07) is 0. The zero-order valence-corrected chi connectivity index (χ0v) is 29.3. The SMILES string of the molecule is CC(=O)CC(=O)OCCOCCOCCOCCOCCOCCOCCOCCOCCOCCOCCOCCOC(=O)CC(C)=O. The van der Waals surface area contributed by atoms with Crippen molar-refractivity contribution in [2.24, 2.45) is 0 Å². The van der Waals surface area contributed by atoms with Gasteiger partial charge in [0, 0.05) is 0 Å². The summed E-state index contributed by atoms with van der Waals surface area (Å²) in [5, 5.41) is 0. The fourth-order valence-electron chi connectivity index (χ4n) is 3.24. The number of esters is 2. The molecule has 0 saturated carbocycles. The van der Waals surface area contributed by atoms with E-state index in [2.05, 4.69) is 0 Å². The van der Waals surface area contributed by atoms with E-state index in [-0.39, 0.29) is 50.8 Å². The van der Waals surface area contributed by atoms with Crippen molar-refractivity contribution in [3.63, 3.8) is 0 Å². The highest BCUT2D eigenvalue weighted by Crippen LogP contribution is 1.91. The fourth-order valence-corrected chi connectivity index (χ4v) is 3.24. The molecule has 0 aliphatic carbocycles. The molecule has 0 heterocycles. The maximum Gasteiger partial charge on any atom is 0.313 e. The summed E-state index contributed by atoms with van der Waals surface area (Å²) in [6.45, 7) is 12.2. The summed E-state index contributed by atoms with van der Waals surface area (Å²) in [5.74, 6) is -1.56. The van der Waals surface area contributed by atoms with E-state index >= 15 is 0 Å². The molecule has 49 heavy (non-hydrogen) atoms. The minimum absolute atomic E-state index is 0.109. The van der Waals surface area contributed by atoms with Gasteiger partial charge in [0.1, 0.15) is 37.6 Å². The fraction of sp³-hybridized carbons (Fsp3) is 0.875. The first-order valence-corrected chi connectivity index (χ1v) is 16.6. The van der Waals surface area contributed by atoms with E-state index in [9.17, 15) is 19.2 Å². The first-order valence-electron chi connectivity index (χ1n) is 16.6. The third-order valence-electron chi connectivity index (χ3n) is 5.49. The van der Waals surface area contributed by atoms with E-state index < -0.39 is 11.9 Å². The molecule has 0 amide bonds. The molecule has 0 fully saturated rings. The van der Waals surface area contributed by atoms with Gasteiger partial charge in [0.2, 0.25) is 0 Å². The Kier molecular flexibility index (Phi) is 36.9. The van der Waals surface area contributed by atoms with E-state index in [1.807, 2.05) is 0 Å². The summed E-state index contributed by atoms with van der Waals surface area (Å²) in [5.41, 5.74) is 0. The van der Waals surface area contributed by atoms with Crippen LogP contribution in [0.3, 0.4) is 0 Å². The second kappa shape index (κ2) is 38.6. The van der Waals surface area contributed by atoms with Crippen molar-refractivity contribution in [3.8, 4) is 0 Å². The second-order valence-corrected chi connectivity index (χ2v) is 9.93. The minimum atomic E-state index is -0.546. The monoisotopic (exact) mass is 714 g/mol. The van der Waals surface area contributed by atoms with Gasteiger partial charge in [0.15, 0.2) is 0 Å². The molecule has 17 nitrogen and oxygen atoms in total. The van der Waals surface area contributed by atoms with E-state index in [0.29, 0.717) is 132 Å². The molecule has 0 rings (SSSR count). The molecule has 0 aromatic rings. The van der Waals surface area contributed by atoms with Crippen LogP contribution in [0.5, 0.6) is 0 Å². The topological polar surface area (TPSA) is 188 Å². The summed E-state index contributed by atoms with van der Waals surface area (Å²) < 4.78 is 69.0. The van der Waals surface area contributed by atoms with E-state index in [1.165, 1.54) is 13.8 Å². The molecule has 0 bridgehead atoms. The Morgan fingerprint density at radius 1 is 0.265 bits per heavy atom. The molecular weight excluding hydrogens is 656 g/mol. The Balaban J connectivity index is 3.11. The molecule has 0 unspecified atom stereocenters. The van der Waals surface area contributed by atoms with Gasteiger partial charge in [0.25, 0.3) is 0 Å². The number of Topliss-reactive ketones (excluding diaryl/α,β-unsaturated/α-hetero) is 2. The van der Waals surface area contributed by atoms with Crippen molar-refractivity contribution in [2.75, 3.05) is 159 Å². The van der Waals surface area contributed by atoms with Gasteiger partial charge in [-0.3, -0.25) is 19.2 Å². The minimum Gasteiger partial charge on any atom is -0.463 e. The number of carbonyl (C=O) groups is 4. The molecule has 0 N–H and O–H groups in total. The first kappa shape index (κ1) is 46.8. The Labute approximate surface area is 289 Å². The predicted molar refractivity (Wildman–Crippen MR) is 172 cm³/mol. The summed E-state index contributed by atoms with van der Waals surface area (Å²) in [4.78, 5) is 43.9. The van der Waals surface area contributed by atoms with Crippen molar-refractivity contribution < 1.29 is 80.8 Å². The number of hydrogen-bond acceptors (Lipinski definition) is 17. The van der Waals surface area contributed by atoms with Crippen LogP contribution in [0.2, 0.25) is 0 Å². The molecule has 0 radical (unpaired) electrons. The van der Waals surface area contributed by atoms with Crippen molar-refractivity contribution in [1.82, 2.24) is 0 Å². The number of hydrogen-bond donors (Lipinski definition) is 0. The van der Waals surface area contributed by atoms with E-state index in [1.54, 1.807) is 0 Å². The van der Waals surface area contributed by atoms with Gasteiger partial charge in [-0.15, -0.1) is 0 Å². The number of carbonyl (C=O) groups excluding carboxylic acids is 4. The zero-order chi connectivity index (χ0) is 35.9. The maximum absolute atomic E-state index is 11.2. The molecule has 0 aromatic heterocycles. The summed E-state index contributed by atoms with van der Waals surface area (Å²) in [7, 11) is 0. The highest BCUT2D eigenvalue weighted by Gasteiger charge is 2.06. The van der Waals surface area contributed by atoms with Crippen molar-refractivity contribution in [3.05, 3.63) is 0 Å². The standard InChI is InChI=1S/C32H58O17/c1-29(33)27-31(35)48-25-23-46-21-19-44-17-15-42-13-11-40-9-7-38-5-3-37-4-6-39-8-10-41-12-14-43-16-18-45-20-22-47-24-26-49-32(36)28-30(2)34/h3-28H2,1-2H3. The van der Waals surface area contributed by atoms with Crippen LogP contribution in [-0.4, -0.2) is 182 Å². The lowest BCUT2D eigenvalue weighted by molar-refractivity contribution is -0.148. The predicted octanol–water partition coefficient (Wildman–Crippen LogP) is 0.214. The Hall–Kier alpha value is -2.16. The van der Waals surface area contributed by atoms with Crippen molar-refractivity contribution >= 4 is 23.5 Å². The average molecular weight is 715 g/mol. The van der Waals surface area contributed by atoms with Crippen LogP contribution in [0.1, 0.15) is 26.7 Å². The average Bonchev–Trinajstić information content (AvgIpc) is 3.05. The molecule has 288 valence electrons. The number of ether oxygens (including phenoxy) is 13. The number of rotatable bonds is 40. The Morgan fingerprint density at radius 2 is 0.408 bits per heavy atom. The molecular formula is C32H58O17. The lowest BCUT2D eigenvalue weighted by atomic mass is 10.3. The Bertz CT molecular complexity index is 721. The van der Waals surface area contributed by atoms with Gasteiger partial charge < -0.3 is 61.6 Å². The third-order valence-corrected chi connectivity index (χ3v) is 5.49. The largest absolute Gasteiger partial charge is 0.463 e. The van der Waals surface area contributed by atoms with Gasteiger partial charge in [-0.2, -0.15) is 0 Å². The van der Waals surface area contributed by atoms with Gasteiger partial charge in [0.05, 0.1) is 145 Å². The number of ketones is 2. The van der Waals surface area contributed by atoms with Gasteiger partial charge in [-0.25, -0.2) is 0 Å². The Morgan fingerprint density at radius 3 is 0.551 bits per heavy atom. The molecule has 0 aliphatic heterocycles. The lowest BCUT2D eigenvalue weighted by Gasteiger charge is -2.09. The first-order chi connectivity index (χ1) is 23.9. The third kappa shape index (κ3) is 41.9. The maximum atomic E-state index is 11.2. The molecule has 0 spiro atoms. The summed E-state index contributed by atoms with van der Waals surface area (Å²) >= 11 is 0. The van der Waals surface area contributed by atoms with Crippen LogP contribution in [0.15, 0.2) is 0 Å². The molecule has 0 saturated heterocycles. The summed E-state index contributed by atoms with van der Waals surface area (Å²) in [6.07, 6.45) is -0.434. The van der Waals surface area contributed by atoms with Gasteiger partial charge in [-0.1, -0.05) is 0 Å². The highest BCUT2D eigenvalue weighted by molar-refractivity contribution is 5.94. The molecule has 17 heteroatoms. The zero-order valence-electron chi connectivity index (χ0n) is 29.3. The van der Waals surface area contributed by atoms with Crippen LogP contribution in [-0.2, 0) is 80.8 Å².